The average Bonchev–Trinajstić information content (AvgIpc) is 3.19. The third-order valence-corrected chi connectivity index (χ3v) is 6.08. The number of amides is 3. The maximum Gasteiger partial charge on any atom is 0.338 e. The second-order valence-corrected chi connectivity index (χ2v) is 8.49. The Morgan fingerprint density at radius 1 is 0.703 bits per heavy atom. The number of para-hydroxylation sites is 1. The Kier molecular flexibility index (Phi) is 6.34. The summed E-state index contributed by atoms with van der Waals surface area (Å²) in [6.07, 6.45) is -1.06. The Morgan fingerprint density at radius 2 is 1.24 bits per heavy atom. The van der Waals surface area contributed by atoms with E-state index in [0.29, 0.717) is 22.5 Å². The average molecular weight is 491 g/mol. The fraction of sp³-hybridized carbons (Fsp3) is 0.0667. The molecule has 0 radical (unpaired) electrons. The first-order valence-corrected chi connectivity index (χ1v) is 11.7. The Labute approximate surface area is 213 Å². The van der Waals surface area contributed by atoms with Gasteiger partial charge in [0, 0.05) is 11.3 Å². The summed E-state index contributed by atoms with van der Waals surface area (Å²) >= 11 is 0. The van der Waals surface area contributed by atoms with Gasteiger partial charge in [-0.3, -0.25) is 14.4 Å². The number of hydrogen-bond acceptors (Lipinski definition) is 5. The number of rotatable bonds is 6. The van der Waals surface area contributed by atoms with Gasteiger partial charge in [-0.25, -0.2) is 9.69 Å². The molecule has 0 bridgehead atoms. The number of hydrogen-bond donors (Lipinski definition) is 1. The predicted octanol–water partition coefficient (Wildman–Crippen LogP) is 5.34. The molecule has 37 heavy (non-hydrogen) atoms. The Balaban J connectivity index is 1.25. The lowest BCUT2D eigenvalue weighted by molar-refractivity contribution is -0.123. The number of anilines is 2. The van der Waals surface area contributed by atoms with E-state index >= 15 is 0 Å². The highest BCUT2D eigenvalue weighted by atomic mass is 16.5. The van der Waals surface area contributed by atoms with E-state index in [0.717, 1.165) is 16.0 Å². The number of imide groups is 1. The summed E-state index contributed by atoms with van der Waals surface area (Å²) in [4.78, 5) is 51.9. The summed E-state index contributed by atoms with van der Waals surface area (Å²) < 4.78 is 5.38. The molecule has 0 saturated heterocycles. The van der Waals surface area contributed by atoms with E-state index in [1.165, 1.54) is 31.2 Å². The monoisotopic (exact) mass is 490 g/mol. The summed E-state index contributed by atoms with van der Waals surface area (Å²) in [6.45, 7) is 1.49. The van der Waals surface area contributed by atoms with Crippen LogP contribution in [-0.2, 0) is 9.53 Å². The van der Waals surface area contributed by atoms with Crippen LogP contribution < -0.4 is 10.2 Å². The maximum atomic E-state index is 12.8. The van der Waals surface area contributed by atoms with Gasteiger partial charge in [0.15, 0.2) is 6.10 Å². The first-order valence-electron chi connectivity index (χ1n) is 11.7. The van der Waals surface area contributed by atoms with Crippen LogP contribution in [0.1, 0.15) is 38.0 Å². The summed E-state index contributed by atoms with van der Waals surface area (Å²) in [5.41, 5.74) is 3.59. The molecule has 4 aromatic rings. The van der Waals surface area contributed by atoms with E-state index in [2.05, 4.69) is 5.32 Å². The second kappa shape index (κ2) is 9.91. The topological polar surface area (TPSA) is 92.8 Å². The molecule has 4 aromatic carbocycles. The molecule has 0 aliphatic carbocycles. The van der Waals surface area contributed by atoms with Crippen LogP contribution >= 0.6 is 0 Å². The molecule has 182 valence electrons. The minimum atomic E-state index is -1.06. The predicted molar refractivity (Wildman–Crippen MR) is 139 cm³/mol. The van der Waals surface area contributed by atoms with Crippen LogP contribution in [0, 0.1) is 0 Å². The third kappa shape index (κ3) is 4.62. The number of fused-ring (bicyclic) bond motifs is 1. The number of nitrogens with zero attached hydrogens (tertiary/aromatic N) is 1. The third-order valence-electron chi connectivity index (χ3n) is 6.08. The zero-order valence-corrected chi connectivity index (χ0v) is 19.9. The van der Waals surface area contributed by atoms with E-state index in [9.17, 15) is 19.2 Å². The van der Waals surface area contributed by atoms with Crippen molar-refractivity contribution < 1.29 is 23.9 Å². The van der Waals surface area contributed by atoms with Crippen molar-refractivity contribution in [3.05, 3.63) is 120 Å². The van der Waals surface area contributed by atoms with E-state index < -0.39 is 29.8 Å². The highest BCUT2D eigenvalue weighted by Crippen LogP contribution is 2.29. The van der Waals surface area contributed by atoms with Crippen molar-refractivity contribution in [3.8, 4) is 11.1 Å². The van der Waals surface area contributed by atoms with Crippen molar-refractivity contribution in [3.63, 3.8) is 0 Å². The lowest BCUT2D eigenvalue weighted by Gasteiger charge is -2.17. The highest BCUT2D eigenvalue weighted by Gasteiger charge is 2.36. The molecular formula is C30H22N2O5. The van der Waals surface area contributed by atoms with E-state index in [4.69, 9.17) is 4.74 Å². The van der Waals surface area contributed by atoms with Crippen LogP contribution in [0.3, 0.4) is 0 Å². The quantitative estimate of drug-likeness (QED) is 0.291. The number of carbonyl (C=O) groups excluding carboxylic acids is 4. The van der Waals surface area contributed by atoms with Crippen LogP contribution in [-0.4, -0.2) is 29.8 Å². The minimum absolute atomic E-state index is 0.185. The van der Waals surface area contributed by atoms with Gasteiger partial charge in [-0.05, 0) is 55.0 Å². The van der Waals surface area contributed by atoms with Gasteiger partial charge in [0.1, 0.15) is 0 Å². The lowest BCUT2D eigenvalue weighted by Crippen LogP contribution is -2.30. The van der Waals surface area contributed by atoms with Crippen LogP contribution in [0.2, 0.25) is 0 Å². The molecule has 0 saturated carbocycles. The molecule has 1 N–H and O–H groups in total. The normalized spacial score (nSPS) is 13.2. The zero-order valence-electron chi connectivity index (χ0n) is 19.9. The van der Waals surface area contributed by atoms with Crippen molar-refractivity contribution in [2.45, 2.75) is 13.0 Å². The largest absolute Gasteiger partial charge is 0.449 e. The van der Waals surface area contributed by atoms with Crippen molar-refractivity contribution in [1.29, 1.82) is 0 Å². The van der Waals surface area contributed by atoms with Crippen molar-refractivity contribution >= 4 is 35.1 Å². The first kappa shape index (κ1) is 23.7. The summed E-state index contributed by atoms with van der Waals surface area (Å²) in [5, 5.41) is 2.83. The van der Waals surface area contributed by atoms with Crippen molar-refractivity contribution in [2.24, 2.45) is 0 Å². The molecule has 1 aliphatic rings. The van der Waals surface area contributed by atoms with Gasteiger partial charge in [-0.1, -0.05) is 60.7 Å². The summed E-state index contributed by atoms with van der Waals surface area (Å²) in [7, 11) is 0. The fourth-order valence-electron chi connectivity index (χ4n) is 4.15. The number of esters is 1. The second-order valence-electron chi connectivity index (χ2n) is 8.49. The van der Waals surface area contributed by atoms with Gasteiger partial charge in [0.25, 0.3) is 17.7 Å². The molecule has 7 nitrogen and oxygen atoms in total. The van der Waals surface area contributed by atoms with Crippen LogP contribution in [0.5, 0.6) is 0 Å². The molecule has 0 unspecified atom stereocenters. The summed E-state index contributed by atoms with van der Waals surface area (Å²) in [5.74, 6) is -2.01. The van der Waals surface area contributed by atoms with E-state index in [-0.39, 0.29) is 5.56 Å². The van der Waals surface area contributed by atoms with Crippen LogP contribution in [0.25, 0.3) is 11.1 Å². The Bertz CT molecular complexity index is 1480. The van der Waals surface area contributed by atoms with Crippen LogP contribution in [0.15, 0.2) is 103 Å². The zero-order chi connectivity index (χ0) is 25.9. The molecule has 1 aliphatic heterocycles. The van der Waals surface area contributed by atoms with Gasteiger partial charge in [-0.15, -0.1) is 0 Å². The molecule has 1 atom stereocenters. The molecule has 7 heteroatoms. The van der Waals surface area contributed by atoms with Gasteiger partial charge in [0.05, 0.1) is 22.4 Å². The number of ether oxygens (including phenoxy) is 1. The van der Waals surface area contributed by atoms with E-state index in [1.807, 2.05) is 48.5 Å². The molecule has 5 rings (SSSR count). The molecular weight excluding hydrogens is 468 g/mol. The molecule has 1 heterocycles. The summed E-state index contributed by atoms with van der Waals surface area (Å²) in [6, 6.07) is 29.5. The fourth-order valence-corrected chi connectivity index (χ4v) is 4.15. The minimum Gasteiger partial charge on any atom is -0.449 e. The van der Waals surface area contributed by atoms with Crippen molar-refractivity contribution in [1.82, 2.24) is 0 Å². The maximum absolute atomic E-state index is 12.8. The van der Waals surface area contributed by atoms with Crippen LogP contribution in [0.4, 0.5) is 11.4 Å². The smallest absolute Gasteiger partial charge is 0.338 e. The Morgan fingerprint density at radius 3 is 1.86 bits per heavy atom. The SMILES string of the molecule is C[C@H](OC(=O)c1ccc(N2C(=O)c3ccccc3C2=O)cc1)C(=O)Nc1ccccc1-c1ccccc1. The number of nitrogens with one attached hydrogen (secondary N) is 1. The Hall–Kier alpha value is -5.04. The number of benzene rings is 4. The van der Waals surface area contributed by atoms with Gasteiger partial charge < -0.3 is 10.1 Å². The van der Waals surface area contributed by atoms with Gasteiger partial charge in [0.2, 0.25) is 0 Å². The van der Waals surface area contributed by atoms with Crippen molar-refractivity contribution in [2.75, 3.05) is 10.2 Å². The first-order chi connectivity index (χ1) is 17.9. The highest BCUT2D eigenvalue weighted by molar-refractivity contribution is 6.34. The molecule has 0 fully saturated rings. The van der Waals surface area contributed by atoms with Gasteiger partial charge in [-0.2, -0.15) is 0 Å². The van der Waals surface area contributed by atoms with E-state index in [1.54, 1.807) is 30.3 Å². The lowest BCUT2D eigenvalue weighted by atomic mass is 10.0. The van der Waals surface area contributed by atoms with Gasteiger partial charge >= 0.3 is 5.97 Å². The molecule has 0 spiro atoms. The standard InChI is InChI=1S/C30H22N2O5/c1-19(27(33)31-26-14-8-7-11-23(26)20-9-3-2-4-10-20)37-30(36)21-15-17-22(18-16-21)32-28(34)24-12-5-6-13-25(24)29(32)35/h2-19H,1H3,(H,31,33)/t19-/m0/s1. The molecule has 3 amide bonds. The number of carbonyl (C=O) groups is 4. The molecule has 0 aromatic heterocycles.